The van der Waals surface area contributed by atoms with Crippen LogP contribution in [0, 0.1) is 6.92 Å². The zero-order valence-corrected chi connectivity index (χ0v) is 13.0. The highest BCUT2D eigenvalue weighted by Crippen LogP contribution is 2.32. The van der Waals surface area contributed by atoms with Crippen LogP contribution < -0.4 is 15.0 Å². The van der Waals surface area contributed by atoms with E-state index in [0.717, 1.165) is 12.0 Å². The van der Waals surface area contributed by atoms with Gasteiger partial charge in [0.1, 0.15) is 17.8 Å². The van der Waals surface area contributed by atoms with Gasteiger partial charge in [-0.2, -0.15) is 0 Å². The van der Waals surface area contributed by atoms with E-state index < -0.39 is 12.1 Å². The summed E-state index contributed by atoms with van der Waals surface area (Å²) in [6.45, 7) is 5.68. The Morgan fingerprint density at radius 1 is 1.33 bits per heavy atom. The van der Waals surface area contributed by atoms with Gasteiger partial charge in [-0.15, -0.1) is 0 Å². The molecule has 1 aromatic carbocycles. The van der Waals surface area contributed by atoms with Crippen molar-refractivity contribution in [1.29, 1.82) is 0 Å². The average molecular weight is 290 g/mol. The molecule has 1 fully saturated rings. The van der Waals surface area contributed by atoms with Gasteiger partial charge in [0.25, 0.3) is 0 Å². The van der Waals surface area contributed by atoms with Crippen molar-refractivity contribution < 1.29 is 14.3 Å². The van der Waals surface area contributed by atoms with Gasteiger partial charge in [0, 0.05) is 0 Å². The third-order valence-corrected chi connectivity index (χ3v) is 3.79. The molecule has 0 aromatic heterocycles. The molecule has 5 heteroatoms. The van der Waals surface area contributed by atoms with Crippen LogP contribution in [0.3, 0.4) is 0 Å². The van der Waals surface area contributed by atoms with E-state index in [1.165, 1.54) is 0 Å². The van der Waals surface area contributed by atoms with Gasteiger partial charge in [0.05, 0.1) is 12.8 Å². The summed E-state index contributed by atoms with van der Waals surface area (Å²) in [5.41, 5.74) is 1.68. The molecule has 1 saturated heterocycles. The van der Waals surface area contributed by atoms with E-state index >= 15 is 0 Å². The van der Waals surface area contributed by atoms with E-state index in [-0.39, 0.29) is 11.8 Å². The first-order valence-corrected chi connectivity index (χ1v) is 7.27. The minimum atomic E-state index is -0.540. The smallest absolute Gasteiger partial charge is 0.250 e. The second-order valence-corrected chi connectivity index (χ2v) is 5.41. The molecule has 1 heterocycles. The fourth-order valence-electron chi connectivity index (χ4n) is 2.63. The Hall–Kier alpha value is -2.04. The summed E-state index contributed by atoms with van der Waals surface area (Å²) in [4.78, 5) is 26.4. The van der Waals surface area contributed by atoms with Gasteiger partial charge in [0.2, 0.25) is 11.8 Å². The van der Waals surface area contributed by atoms with Crippen molar-refractivity contribution >= 4 is 17.5 Å². The third-order valence-electron chi connectivity index (χ3n) is 3.79. The first-order valence-electron chi connectivity index (χ1n) is 7.27. The highest BCUT2D eigenvalue weighted by Gasteiger charge is 2.39. The lowest BCUT2D eigenvalue weighted by Crippen LogP contribution is -2.62. The minimum absolute atomic E-state index is 0.0761. The van der Waals surface area contributed by atoms with Crippen LogP contribution in [0.1, 0.15) is 32.3 Å². The maximum atomic E-state index is 12.7. The SMILES string of the molecule is CCCC1NC(=O)C(C)N(c2cc(C)ccc2OC)C1=O. The molecule has 0 radical (unpaired) electrons. The molecule has 2 atom stereocenters. The molecule has 0 aliphatic carbocycles. The molecule has 0 saturated carbocycles. The zero-order valence-electron chi connectivity index (χ0n) is 13.0. The summed E-state index contributed by atoms with van der Waals surface area (Å²) in [6.07, 6.45) is 1.48. The number of rotatable bonds is 4. The van der Waals surface area contributed by atoms with E-state index in [4.69, 9.17) is 4.74 Å². The second kappa shape index (κ2) is 6.16. The monoisotopic (exact) mass is 290 g/mol. The minimum Gasteiger partial charge on any atom is -0.495 e. The topological polar surface area (TPSA) is 58.6 Å². The number of methoxy groups -OCH3 is 1. The number of carbonyl (C=O) groups excluding carboxylic acids is 2. The molecule has 2 rings (SSSR count). The Morgan fingerprint density at radius 3 is 2.67 bits per heavy atom. The number of hydrogen-bond acceptors (Lipinski definition) is 3. The normalized spacial score (nSPS) is 22.2. The van der Waals surface area contributed by atoms with Gasteiger partial charge in [-0.3, -0.25) is 14.5 Å². The molecule has 1 aliphatic rings. The van der Waals surface area contributed by atoms with Crippen LogP contribution in [0.15, 0.2) is 18.2 Å². The maximum absolute atomic E-state index is 12.7. The van der Waals surface area contributed by atoms with Gasteiger partial charge < -0.3 is 10.1 Å². The molecule has 0 bridgehead atoms. The number of nitrogens with one attached hydrogen (secondary N) is 1. The molecule has 1 aliphatic heterocycles. The van der Waals surface area contributed by atoms with Crippen LogP contribution in [0.2, 0.25) is 0 Å². The van der Waals surface area contributed by atoms with Crippen LogP contribution in [0.5, 0.6) is 5.75 Å². The second-order valence-electron chi connectivity index (χ2n) is 5.41. The Bertz CT molecular complexity index is 556. The quantitative estimate of drug-likeness (QED) is 0.923. The van der Waals surface area contributed by atoms with Crippen molar-refractivity contribution in [3.05, 3.63) is 23.8 Å². The number of carbonyl (C=O) groups is 2. The van der Waals surface area contributed by atoms with E-state index in [2.05, 4.69) is 5.32 Å². The first-order chi connectivity index (χ1) is 9.99. The number of benzene rings is 1. The number of hydrogen-bond donors (Lipinski definition) is 1. The summed E-state index contributed by atoms with van der Waals surface area (Å²) >= 11 is 0. The molecule has 5 nitrogen and oxygen atoms in total. The van der Waals surface area contributed by atoms with Crippen molar-refractivity contribution in [2.75, 3.05) is 12.0 Å². The first kappa shape index (κ1) is 15.4. The fourth-order valence-corrected chi connectivity index (χ4v) is 2.63. The third kappa shape index (κ3) is 2.86. The van der Waals surface area contributed by atoms with Crippen LogP contribution in [-0.2, 0) is 9.59 Å². The zero-order chi connectivity index (χ0) is 15.6. The largest absolute Gasteiger partial charge is 0.495 e. The van der Waals surface area contributed by atoms with Crippen molar-refractivity contribution in [2.24, 2.45) is 0 Å². The molecule has 0 spiro atoms. The number of amides is 2. The summed E-state index contributed by atoms with van der Waals surface area (Å²) in [7, 11) is 1.57. The molecular weight excluding hydrogens is 268 g/mol. The summed E-state index contributed by atoms with van der Waals surface area (Å²) in [5.74, 6) is 0.398. The molecule has 1 aromatic rings. The number of nitrogens with zero attached hydrogens (tertiary/aromatic N) is 1. The van der Waals surface area contributed by atoms with E-state index in [1.807, 2.05) is 32.0 Å². The van der Waals surface area contributed by atoms with E-state index in [9.17, 15) is 9.59 Å². The summed E-state index contributed by atoms with van der Waals surface area (Å²) in [5, 5.41) is 2.80. The maximum Gasteiger partial charge on any atom is 0.250 e. The summed E-state index contributed by atoms with van der Waals surface area (Å²) in [6, 6.07) is 4.64. The highest BCUT2D eigenvalue weighted by molar-refractivity contribution is 6.09. The lowest BCUT2D eigenvalue weighted by molar-refractivity contribution is -0.133. The Kier molecular flexibility index (Phi) is 4.50. The van der Waals surface area contributed by atoms with Gasteiger partial charge in [-0.05, 0) is 38.0 Å². The number of ether oxygens (including phenoxy) is 1. The van der Waals surface area contributed by atoms with Crippen LogP contribution in [0.4, 0.5) is 5.69 Å². The van der Waals surface area contributed by atoms with Crippen molar-refractivity contribution in [1.82, 2.24) is 5.32 Å². The lowest BCUT2D eigenvalue weighted by atomic mass is 10.0. The van der Waals surface area contributed by atoms with Gasteiger partial charge >= 0.3 is 0 Å². The molecular formula is C16H22N2O3. The van der Waals surface area contributed by atoms with E-state index in [1.54, 1.807) is 18.9 Å². The molecule has 2 unspecified atom stereocenters. The molecule has 114 valence electrons. The average Bonchev–Trinajstić information content (AvgIpc) is 2.45. The Balaban J connectivity index is 2.46. The Labute approximate surface area is 125 Å². The number of piperazine rings is 1. The summed E-state index contributed by atoms with van der Waals surface area (Å²) < 4.78 is 5.36. The van der Waals surface area contributed by atoms with Crippen LogP contribution in [0.25, 0.3) is 0 Å². The molecule has 2 amide bonds. The highest BCUT2D eigenvalue weighted by atomic mass is 16.5. The van der Waals surface area contributed by atoms with Crippen LogP contribution >= 0.6 is 0 Å². The predicted molar refractivity (Wildman–Crippen MR) is 81.5 cm³/mol. The van der Waals surface area contributed by atoms with Crippen molar-refractivity contribution in [2.45, 2.75) is 45.7 Å². The van der Waals surface area contributed by atoms with Crippen molar-refractivity contribution in [3.8, 4) is 5.75 Å². The van der Waals surface area contributed by atoms with Crippen molar-refractivity contribution in [3.63, 3.8) is 0 Å². The van der Waals surface area contributed by atoms with E-state index in [0.29, 0.717) is 17.9 Å². The Morgan fingerprint density at radius 2 is 2.05 bits per heavy atom. The fraction of sp³-hybridized carbons (Fsp3) is 0.500. The standard InChI is InChI=1S/C16H22N2O3/c1-5-6-12-16(20)18(11(3)15(19)17-12)13-9-10(2)7-8-14(13)21-4/h7-9,11-12H,5-6H2,1-4H3,(H,17,19). The number of anilines is 1. The van der Waals surface area contributed by atoms with Gasteiger partial charge in [-0.1, -0.05) is 19.4 Å². The predicted octanol–water partition coefficient (Wildman–Crippen LogP) is 2.02. The lowest BCUT2D eigenvalue weighted by Gasteiger charge is -2.38. The molecule has 1 N–H and O–H groups in total. The van der Waals surface area contributed by atoms with Gasteiger partial charge in [0.15, 0.2) is 0 Å². The van der Waals surface area contributed by atoms with Crippen LogP contribution in [-0.4, -0.2) is 31.0 Å². The molecule has 21 heavy (non-hydrogen) atoms. The van der Waals surface area contributed by atoms with Gasteiger partial charge in [-0.25, -0.2) is 0 Å². The number of aryl methyl sites for hydroxylation is 1.